The standard InChI is InChI=1S/C17H18Cl2N2O/c1-17(2,3)22-21-16(12-7-5-4-6-8-12)15(19)13-11-20-10-9-14(13)18/h4-11,21H,1-3H3. The second kappa shape index (κ2) is 7.14. The largest absolute Gasteiger partial charge is 0.270 e. The van der Waals surface area contributed by atoms with Crippen LogP contribution in [-0.4, -0.2) is 10.6 Å². The summed E-state index contributed by atoms with van der Waals surface area (Å²) in [6.07, 6.45) is 3.25. The zero-order valence-corrected chi connectivity index (χ0v) is 14.2. The molecule has 22 heavy (non-hydrogen) atoms. The van der Waals surface area contributed by atoms with E-state index in [2.05, 4.69) is 10.5 Å². The number of aromatic nitrogens is 1. The quantitative estimate of drug-likeness (QED) is 0.787. The molecule has 0 saturated heterocycles. The molecule has 1 heterocycles. The Morgan fingerprint density at radius 2 is 1.82 bits per heavy atom. The number of nitrogens with zero attached hydrogens (tertiary/aromatic N) is 1. The first-order valence-corrected chi connectivity index (χ1v) is 7.63. The molecule has 0 fully saturated rings. The molecule has 0 aliphatic rings. The summed E-state index contributed by atoms with van der Waals surface area (Å²) in [6.45, 7) is 5.86. The van der Waals surface area contributed by atoms with Crippen LogP contribution in [0.15, 0.2) is 48.8 Å². The van der Waals surface area contributed by atoms with Gasteiger partial charge >= 0.3 is 0 Å². The molecule has 0 atom stereocenters. The van der Waals surface area contributed by atoms with E-state index >= 15 is 0 Å². The molecule has 0 radical (unpaired) electrons. The Bertz CT molecular complexity index is 664. The molecule has 1 aromatic carbocycles. The molecule has 0 bridgehead atoms. The Labute approximate surface area is 140 Å². The zero-order chi connectivity index (χ0) is 16.2. The van der Waals surface area contributed by atoms with E-state index in [4.69, 9.17) is 28.0 Å². The fourth-order valence-electron chi connectivity index (χ4n) is 1.71. The fourth-order valence-corrected chi connectivity index (χ4v) is 2.26. The molecule has 0 spiro atoms. The first-order chi connectivity index (χ1) is 10.4. The predicted octanol–water partition coefficient (Wildman–Crippen LogP) is 5.12. The molecule has 5 heteroatoms. The Balaban J connectivity index is 2.47. The van der Waals surface area contributed by atoms with Gasteiger partial charge in [0.05, 0.1) is 21.4 Å². The van der Waals surface area contributed by atoms with E-state index in [0.717, 1.165) is 5.56 Å². The normalized spacial score (nSPS) is 12.8. The topological polar surface area (TPSA) is 34.1 Å². The van der Waals surface area contributed by atoms with Gasteiger partial charge in [-0.1, -0.05) is 53.5 Å². The van der Waals surface area contributed by atoms with Crippen molar-refractivity contribution in [1.29, 1.82) is 0 Å². The third-order valence-corrected chi connectivity index (χ3v) is 3.47. The van der Waals surface area contributed by atoms with Gasteiger partial charge in [-0.2, -0.15) is 0 Å². The van der Waals surface area contributed by atoms with Crippen LogP contribution in [0.25, 0.3) is 10.7 Å². The lowest BCUT2D eigenvalue weighted by Gasteiger charge is -2.22. The summed E-state index contributed by atoms with van der Waals surface area (Å²) < 4.78 is 0. The van der Waals surface area contributed by atoms with E-state index in [0.29, 0.717) is 21.3 Å². The lowest BCUT2D eigenvalue weighted by Crippen LogP contribution is -2.28. The van der Waals surface area contributed by atoms with Gasteiger partial charge in [0.25, 0.3) is 0 Å². The van der Waals surface area contributed by atoms with Gasteiger partial charge in [0, 0.05) is 23.5 Å². The van der Waals surface area contributed by atoms with Crippen molar-refractivity contribution in [2.75, 3.05) is 0 Å². The smallest absolute Gasteiger partial charge is 0.0876 e. The average molecular weight is 337 g/mol. The van der Waals surface area contributed by atoms with E-state index < -0.39 is 0 Å². The molecule has 0 aliphatic heterocycles. The minimum absolute atomic E-state index is 0.365. The van der Waals surface area contributed by atoms with Crippen LogP contribution >= 0.6 is 23.2 Å². The van der Waals surface area contributed by atoms with E-state index in [-0.39, 0.29) is 5.60 Å². The second-order valence-corrected chi connectivity index (χ2v) is 6.51. The lowest BCUT2D eigenvalue weighted by molar-refractivity contribution is -0.0468. The summed E-state index contributed by atoms with van der Waals surface area (Å²) in [7, 11) is 0. The molecule has 1 aromatic heterocycles. The van der Waals surface area contributed by atoms with Crippen molar-refractivity contribution >= 4 is 33.9 Å². The summed E-state index contributed by atoms with van der Waals surface area (Å²) in [5.74, 6) is 0. The fraction of sp³-hybridized carbons (Fsp3) is 0.235. The van der Waals surface area contributed by atoms with E-state index in [9.17, 15) is 0 Å². The first-order valence-electron chi connectivity index (χ1n) is 6.87. The molecule has 2 aromatic rings. The van der Waals surface area contributed by atoms with Crippen LogP contribution < -0.4 is 5.48 Å². The van der Waals surface area contributed by atoms with E-state index in [1.54, 1.807) is 18.5 Å². The third kappa shape index (κ3) is 4.47. The Hall–Kier alpha value is -1.55. The molecule has 0 amide bonds. The van der Waals surface area contributed by atoms with Crippen molar-refractivity contribution in [3.8, 4) is 0 Å². The monoisotopic (exact) mass is 336 g/mol. The summed E-state index contributed by atoms with van der Waals surface area (Å²) in [5, 5.41) is 0.986. The highest BCUT2D eigenvalue weighted by atomic mass is 35.5. The zero-order valence-electron chi connectivity index (χ0n) is 12.7. The maximum absolute atomic E-state index is 6.55. The predicted molar refractivity (Wildman–Crippen MR) is 92.3 cm³/mol. The maximum atomic E-state index is 6.55. The van der Waals surface area contributed by atoms with Crippen molar-refractivity contribution < 1.29 is 4.84 Å². The molecule has 0 saturated carbocycles. The van der Waals surface area contributed by atoms with Crippen LogP contribution in [0.2, 0.25) is 5.02 Å². The molecule has 2 rings (SSSR count). The van der Waals surface area contributed by atoms with Gasteiger partial charge in [0.15, 0.2) is 0 Å². The van der Waals surface area contributed by atoms with Crippen LogP contribution in [0.5, 0.6) is 0 Å². The van der Waals surface area contributed by atoms with Crippen molar-refractivity contribution in [3.63, 3.8) is 0 Å². The van der Waals surface area contributed by atoms with E-state index in [1.807, 2.05) is 51.1 Å². The number of hydrogen-bond donors (Lipinski definition) is 1. The third-order valence-electron chi connectivity index (χ3n) is 2.75. The number of hydrogen-bond acceptors (Lipinski definition) is 3. The van der Waals surface area contributed by atoms with Crippen molar-refractivity contribution in [2.45, 2.75) is 26.4 Å². The minimum Gasteiger partial charge on any atom is -0.270 e. The number of hydroxylamine groups is 1. The van der Waals surface area contributed by atoms with Gasteiger partial charge in [-0.15, -0.1) is 0 Å². The second-order valence-electron chi connectivity index (χ2n) is 5.73. The van der Waals surface area contributed by atoms with Gasteiger partial charge in [-0.05, 0) is 26.8 Å². The Kier molecular flexibility index (Phi) is 5.46. The highest BCUT2D eigenvalue weighted by Gasteiger charge is 2.16. The molecule has 1 N–H and O–H groups in total. The molecule has 0 unspecified atom stereocenters. The van der Waals surface area contributed by atoms with Crippen molar-refractivity contribution in [2.24, 2.45) is 0 Å². The molecule has 3 nitrogen and oxygen atoms in total. The van der Waals surface area contributed by atoms with Gasteiger partial charge < -0.3 is 0 Å². The highest BCUT2D eigenvalue weighted by molar-refractivity contribution is 6.54. The average Bonchev–Trinajstić information content (AvgIpc) is 2.47. The van der Waals surface area contributed by atoms with Crippen LogP contribution in [0, 0.1) is 0 Å². The number of halogens is 2. The first kappa shape index (κ1) is 16.8. The molecule has 116 valence electrons. The van der Waals surface area contributed by atoms with Crippen LogP contribution in [0.4, 0.5) is 0 Å². The van der Waals surface area contributed by atoms with Gasteiger partial charge in [0.2, 0.25) is 0 Å². The van der Waals surface area contributed by atoms with Gasteiger partial charge in [-0.25, -0.2) is 0 Å². The molecule has 0 aliphatic carbocycles. The maximum Gasteiger partial charge on any atom is 0.0876 e. The van der Waals surface area contributed by atoms with Gasteiger partial charge in [0.1, 0.15) is 0 Å². The number of nitrogens with one attached hydrogen (secondary N) is 1. The highest BCUT2D eigenvalue weighted by Crippen LogP contribution is 2.32. The summed E-state index contributed by atoms with van der Waals surface area (Å²) in [5.41, 5.74) is 4.79. The number of rotatable bonds is 4. The summed E-state index contributed by atoms with van der Waals surface area (Å²) in [4.78, 5) is 9.75. The summed E-state index contributed by atoms with van der Waals surface area (Å²) in [6, 6.07) is 11.4. The minimum atomic E-state index is -0.365. The number of pyridine rings is 1. The SMILES string of the molecule is CC(C)(C)ONC(=C(Cl)c1cnccc1Cl)c1ccccc1. The molecular formula is C17H18Cl2N2O. The van der Waals surface area contributed by atoms with E-state index in [1.165, 1.54) is 0 Å². The Morgan fingerprint density at radius 3 is 2.41 bits per heavy atom. The van der Waals surface area contributed by atoms with Gasteiger partial charge in [-0.3, -0.25) is 15.3 Å². The van der Waals surface area contributed by atoms with Crippen LogP contribution in [0.3, 0.4) is 0 Å². The number of benzene rings is 1. The lowest BCUT2D eigenvalue weighted by atomic mass is 10.1. The van der Waals surface area contributed by atoms with Crippen molar-refractivity contribution in [1.82, 2.24) is 10.5 Å². The van der Waals surface area contributed by atoms with Crippen LogP contribution in [0.1, 0.15) is 31.9 Å². The van der Waals surface area contributed by atoms with Crippen LogP contribution in [-0.2, 0) is 4.84 Å². The summed E-state index contributed by atoms with van der Waals surface area (Å²) >= 11 is 12.8. The Morgan fingerprint density at radius 1 is 1.14 bits per heavy atom. The molecular weight excluding hydrogens is 319 g/mol. The van der Waals surface area contributed by atoms with Crippen molar-refractivity contribution in [3.05, 3.63) is 64.9 Å².